The minimum atomic E-state index is -0.453. The lowest BCUT2D eigenvalue weighted by Gasteiger charge is -2.40. The van der Waals surface area contributed by atoms with Gasteiger partial charge in [0.15, 0.2) is 0 Å². The molecular formula is C19H27ClN2O3. The maximum atomic E-state index is 12.5. The van der Waals surface area contributed by atoms with Crippen molar-refractivity contribution in [3.05, 3.63) is 23.2 Å². The molecule has 2 saturated heterocycles. The number of fused-ring (bicyclic) bond motifs is 2. The Morgan fingerprint density at radius 1 is 1.24 bits per heavy atom. The van der Waals surface area contributed by atoms with Crippen molar-refractivity contribution in [3.63, 3.8) is 0 Å². The van der Waals surface area contributed by atoms with Crippen LogP contribution in [0.1, 0.15) is 46.5 Å². The van der Waals surface area contributed by atoms with Crippen LogP contribution in [-0.2, 0) is 4.74 Å². The van der Waals surface area contributed by atoms with Crippen LogP contribution >= 0.6 is 11.6 Å². The fourth-order valence-electron chi connectivity index (χ4n) is 3.90. The van der Waals surface area contributed by atoms with E-state index in [1.807, 2.05) is 43.9 Å². The van der Waals surface area contributed by atoms with Gasteiger partial charge in [0.25, 0.3) is 0 Å². The molecule has 3 rings (SSSR count). The number of benzene rings is 1. The lowest BCUT2D eigenvalue weighted by Crippen LogP contribution is -2.51. The minimum Gasteiger partial charge on any atom is -0.495 e. The summed E-state index contributed by atoms with van der Waals surface area (Å²) in [6.07, 6.45) is 3.78. The Balaban J connectivity index is 1.64. The standard InChI is InChI=1S/C19H27ClN2O3/c1-19(2,3)25-18(23)22-14-6-7-15(22)10-13(9-14)21-12-5-8-17(24-4)16(20)11-12/h5,8,11,13-15,21H,6-7,9-10H2,1-4H3. The molecule has 2 aliphatic heterocycles. The van der Waals surface area contributed by atoms with Gasteiger partial charge in [-0.15, -0.1) is 0 Å². The number of hydrogen-bond acceptors (Lipinski definition) is 4. The smallest absolute Gasteiger partial charge is 0.410 e. The van der Waals surface area contributed by atoms with Crippen LogP contribution in [0.15, 0.2) is 18.2 Å². The summed E-state index contributed by atoms with van der Waals surface area (Å²) in [6, 6.07) is 6.57. The van der Waals surface area contributed by atoms with E-state index in [0.717, 1.165) is 31.4 Å². The van der Waals surface area contributed by atoms with Gasteiger partial charge < -0.3 is 19.7 Å². The molecular weight excluding hydrogens is 340 g/mol. The minimum absolute atomic E-state index is 0.175. The van der Waals surface area contributed by atoms with Gasteiger partial charge in [-0.05, 0) is 64.7 Å². The number of ether oxygens (including phenoxy) is 2. The zero-order valence-corrected chi connectivity index (χ0v) is 16.1. The largest absolute Gasteiger partial charge is 0.495 e. The molecule has 2 heterocycles. The zero-order chi connectivity index (χ0) is 18.2. The SMILES string of the molecule is COc1ccc(NC2CC3CCC(C2)N3C(=O)OC(C)(C)C)cc1Cl. The number of methoxy groups -OCH3 is 1. The van der Waals surface area contributed by atoms with Crippen LogP contribution in [0.3, 0.4) is 0 Å². The summed E-state index contributed by atoms with van der Waals surface area (Å²) in [5.74, 6) is 0.673. The number of nitrogens with zero attached hydrogens (tertiary/aromatic N) is 1. The second kappa shape index (κ2) is 6.94. The van der Waals surface area contributed by atoms with Crippen LogP contribution in [-0.4, -0.2) is 41.8 Å². The van der Waals surface area contributed by atoms with Crippen LogP contribution in [0.2, 0.25) is 5.02 Å². The van der Waals surface area contributed by atoms with Crippen molar-refractivity contribution in [3.8, 4) is 5.75 Å². The molecule has 0 aliphatic carbocycles. The second-order valence-corrected chi connectivity index (χ2v) is 8.34. The van der Waals surface area contributed by atoms with Gasteiger partial charge in [0.1, 0.15) is 11.4 Å². The lowest BCUT2D eigenvalue weighted by molar-refractivity contribution is 0.00684. The fourth-order valence-corrected chi connectivity index (χ4v) is 4.16. The molecule has 0 saturated carbocycles. The molecule has 2 fully saturated rings. The van der Waals surface area contributed by atoms with E-state index in [0.29, 0.717) is 16.8 Å². The molecule has 2 aliphatic rings. The maximum Gasteiger partial charge on any atom is 0.410 e. The molecule has 0 radical (unpaired) electrons. The predicted molar refractivity (Wildman–Crippen MR) is 99.5 cm³/mol. The number of carbonyl (C=O) groups is 1. The van der Waals surface area contributed by atoms with Gasteiger partial charge in [-0.3, -0.25) is 0 Å². The van der Waals surface area contributed by atoms with Crippen LogP contribution in [0.4, 0.5) is 10.5 Å². The highest BCUT2D eigenvalue weighted by atomic mass is 35.5. The molecule has 5 nitrogen and oxygen atoms in total. The molecule has 0 spiro atoms. The highest BCUT2D eigenvalue weighted by molar-refractivity contribution is 6.32. The van der Waals surface area contributed by atoms with Crippen molar-refractivity contribution in [2.45, 2.75) is 70.2 Å². The van der Waals surface area contributed by atoms with Crippen LogP contribution in [0.5, 0.6) is 5.75 Å². The highest BCUT2D eigenvalue weighted by Gasteiger charge is 2.44. The number of hydrogen-bond donors (Lipinski definition) is 1. The Hall–Kier alpha value is -1.62. The third-order valence-corrected chi connectivity index (χ3v) is 5.16. The molecule has 1 amide bonds. The molecule has 1 aromatic carbocycles. The van der Waals surface area contributed by atoms with E-state index in [1.165, 1.54) is 0 Å². The topological polar surface area (TPSA) is 50.8 Å². The average Bonchev–Trinajstić information content (AvgIpc) is 2.77. The van der Waals surface area contributed by atoms with Crippen LogP contribution < -0.4 is 10.1 Å². The Kier molecular flexibility index (Phi) is 5.05. The summed E-state index contributed by atoms with van der Waals surface area (Å²) < 4.78 is 10.8. The maximum absolute atomic E-state index is 12.5. The summed E-state index contributed by atoms with van der Waals surface area (Å²) in [7, 11) is 1.61. The van der Waals surface area contributed by atoms with Crippen molar-refractivity contribution >= 4 is 23.4 Å². The first-order valence-corrected chi connectivity index (χ1v) is 9.26. The van der Waals surface area contributed by atoms with E-state index in [4.69, 9.17) is 21.1 Å². The Bertz CT molecular complexity index is 630. The van der Waals surface area contributed by atoms with Gasteiger partial charge in [0.2, 0.25) is 0 Å². The second-order valence-electron chi connectivity index (χ2n) is 7.93. The number of halogens is 1. The molecule has 2 unspecified atom stereocenters. The van der Waals surface area contributed by atoms with E-state index in [2.05, 4.69) is 5.32 Å². The molecule has 1 N–H and O–H groups in total. The quantitative estimate of drug-likeness (QED) is 0.843. The normalized spacial score (nSPS) is 25.6. The summed E-state index contributed by atoms with van der Waals surface area (Å²) in [5.41, 5.74) is 0.534. The monoisotopic (exact) mass is 366 g/mol. The van der Waals surface area contributed by atoms with E-state index >= 15 is 0 Å². The summed E-state index contributed by atoms with van der Waals surface area (Å²) in [6.45, 7) is 5.73. The first kappa shape index (κ1) is 18.2. The number of nitrogens with one attached hydrogen (secondary N) is 1. The molecule has 2 atom stereocenters. The van der Waals surface area contributed by atoms with Crippen molar-refractivity contribution < 1.29 is 14.3 Å². The van der Waals surface area contributed by atoms with E-state index < -0.39 is 5.60 Å². The molecule has 6 heteroatoms. The first-order chi connectivity index (χ1) is 11.8. The highest BCUT2D eigenvalue weighted by Crippen LogP contribution is 2.38. The lowest BCUT2D eigenvalue weighted by atomic mass is 9.97. The average molecular weight is 367 g/mol. The number of anilines is 1. The van der Waals surface area contributed by atoms with Crippen molar-refractivity contribution in [2.24, 2.45) is 0 Å². The molecule has 1 aromatic rings. The van der Waals surface area contributed by atoms with Gasteiger partial charge in [-0.25, -0.2) is 4.79 Å². The van der Waals surface area contributed by atoms with Gasteiger partial charge in [-0.1, -0.05) is 11.6 Å². The van der Waals surface area contributed by atoms with E-state index in [9.17, 15) is 4.79 Å². The Morgan fingerprint density at radius 2 is 1.88 bits per heavy atom. The number of piperidine rings is 1. The molecule has 2 bridgehead atoms. The van der Waals surface area contributed by atoms with Crippen molar-refractivity contribution in [1.29, 1.82) is 0 Å². The van der Waals surface area contributed by atoms with Gasteiger partial charge >= 0.3 is 6.09 Å². The first-order valence-electron chi connectivity index (χ1n) is 8.88. The number of rotatable bonds is 3. The summed E-state index contributed by atoms with van der Waals surface area (Å²) in [5, 5.41) is 4.16. The molecule has 25 heavy (non-hydrogen) atoms. The van der Waals surface area contributed by atoms with Crippen LogP contribution in [0.25, 0.3) is 0 Å². The number of amides is 1. The predicted octanol–water partition coefficient (Wildman–Crippen LogP) is 4.69. The Morgan fingerprint density at radius 3 is 2.40 bits per heavy atom. The third-order valence-electron chi connectivity index (χ3n) is 4.86. The third kappa shape index (κ3) is 4.14. The Labute approximate surface area is 154 Å². The fraction of sp³-hybridized carbons (Fsp3) is 0.632. The molecule has 138 valence electrons. The molecule has 0 aromatic heterocycles. The van der Waals surface area contributed by atoms with Crippen molar-refractivity contribution in [2.75, 3.05) is 12.4 Å². The zero-order valence-electron chi connectivity index (χ0n) is 15.3. The van der Waals surface area contributed by atoms with Crippen LogP contribution in [0, 0.1) is 0 Å². The van der Waals surface area contributed by atoms with Crippen molar-refractivity contribution in [1.82, 2.24) is 4.90 Å². The summed E-state index contributed by atoms with van der Waals surface area (Å²) >= 11 is 6.21. The summed E-state index contributed by atoms with van der Waals surface area (Å²) in [4.78, 5) is 14.5. The van der Waals surface area contributed by atoms with E-state index in [-0.39, 0.29) is 18.2 Å². The van der Waals surface area contributed by atoms with Gasteiger partial charge in [-0.2, -0.15) is 0 Å². The number of carbonyl (C=O) groups excluding carboxylic acids is 1. The van der Waals surface area contributed by atoms with Gasteiger partial charge in [0, 0.05) is 23.8 Å². The van der Waals surface area contributed by atoms with E-state index in [1.54, 1.807) is 7.11 Å². The van der Waals surface area contributed by atoms with Gasteiger partial charge in [0.05, 0.1) is 12.1 Å².